The van der Waals surface area contributed by atoms with Gasteiger partial charge in [-0.25, -0.2) is 0 Å². The average Bonchev–Trinajstić information content (AvgIpc) is 2.65. The maximum atomic E-state index is 6.24. The minimum absolute atomic E-state index is 0.210. The van der Waals surface area contributed by atoms with Gasteiger partial charge in [-0.15, -0.1) is 11.3 Å². The molecule has 0 aliphatic carbocycles. The molecule has 2 N–H and O–H groups in total. The first kappa shape index (κ1) is 14.2. The standard InChI is InChI=1S/C12H21BrN2S/c1-4-8-15(3)12(9(14)5-2)10-6-7-11(13)16-10/h6-7,9,12H,4-5,8,14H2,1-3H3. The minimum Gasteiger partial charge on any atom is -0.326 e. The molecule has 0 aliphatic heterocycles. The van der Waals surface area contributed by atoms with Gasteiger partial charge in [-0.1, -0.05) is 13.8 Å². The monoisotopic (exact) mass is 304 g/mol. The molecule has 0 aliphatic rings. The lowest BCUT2D eigenvalue weighted by atomic mass is 10.0. The Hall–Kier alpha value is 0.1000. The van der Waals surface area contributed by atoms with E-state index < -0.39 is 0 Å². The fourth-order valence-corrected chi connectivity index (χ4v) is 3.62. The van der Waals surface area contributed by atoms with E-state index in [2.05, 4.69) is 53.9 Å². The minimum atomic E-state index is 0.210. The maximum absolute atomic E-state index is 6.24. The van der Waals surface area contributed by atoms with Crippen molar-refractivity contribution in [1.82, 2.24) is 4.90 Å². The van der Waals surface area contributed by atoms with Gasteiger partial charge in [0, 0.05) is 10.9 Å². The van der Waals surface area contributed by atoms with Crippen molar-refractivity contribution in [2.45, 2.75) is 38.8 Å². The SMILES string of the molecule is CCCN(C)C(c1ccc(Br)s1)C(N)CC. The molecular weight excluding hydrogens is 284 g/mol. The number of hydrogen-bond donors (Lipinski definition) is 1. The molecule has 2 nitrogen and oxygen atoms in total. The Morgan fingerprint density at radius 2 is 2.12 bits per heavy atom. The van der Waals surface area contributed by atoms with Crippen LogP contribution in [0.5, 0.6) is 0 Å². The van der Waals surface area contributed by atoms with Gasteiger partial charge >= 0.3 is 0 Å². The second-order valence-corrected chi connectivity index (χ2v) is 6.63. The predicted octanol–water partition coefficient (Wildman–Crippen LogP) is 3.63. The second kappa shape index (κ2) is 6.74. The lowest BCUT2D eigenvalue weighted by Gasteiger charge is -2.31. The Kier molecular flexibility index (Phi) is 5.97. The van der Waals surface area contributed by atoms with E-state index in [0.717, 1.165) is 19.4 Å². The van der Waals surface area contributed by atoms with Crippen LogP contribution in [0.4, 0.5) is 0 Å². The molecule has 1 rings (SSSR count). The van der Waals surface area contributed by atoms with Crippen LogP contribution in [0, 0.1) is 0 Å². The van der Waals surface area contributed by atoms with E-state index in [0.29, 0.717) is 6.04 Å². The van der Waals surface area contributed by atoms with Crippen LogP contribution in [0.2, 0.25) is 0 Å². The number of likely N-dealkylation sites (N-methyl/N-ethyl adjacent to an activating group) is 1. The summed E-state index contributed by atoms with van der Waals surface area (Å²) in [4.78, 5) is 3.73. The Balaban J connectivity index is 2.86. The van der Waals surface area contributed by atoms with Gasteiger partial charge in [0.1, 0.15) is 0 Å². The van der Waals surface area contributed by atoms with Crippen LogP contribution in [-0.2, 0) is 0 Å². The van der Waals surface area contributed by atoms with Gasteiger partial charge in [0.2, 0.25) is 0 Å². The van der Waals surface area contributed by atoms with Crippen LogP contribution >= 0.6 is 27.3 Å². The van der Waals surface area contributed by atoms with Gasteiger partial charge in [-0.2, -0.15) is 0 Å². The molecule has 0 fully saturated rings. The summed E-state index contributed by atoms with van der Waals surface area (Å²) in [6.07, 6.45) is 2.17. The molecule has 1 aromatic heterocycles. The van der Waals surface area contributed by atoms with Crippen molar-refractivity contribution in [2.24, 2.45) is 5.73 Å². The first-order valence-electron chi connectivity index (χ1n) is 5.81. The van der Waals surface area contributed by atoms with E-state index in [1.165, 1.54) is 8.66 Å². The molecule has 2 atom stereocenters. The van der Waals surface area contributed by atoms with Crippen molar-refractivity contribution >= 4 is 27.3 Å². The van der Waals surface area contributed by atoms with Gasteiger partial charge in [-0.05, 0) is 54.5 Å². The Morgan fingerprint density at radius 1 is 1.44 bits per heavy atom. The topological polar surface area (TPSA) is 29.3 Å². The summed E-state index contributed by atoms with van der Waals surface area (Å²) in [6, 6.07) is 4.85. The Morgan fingerprint density at radius 3 is 2.56 bits per heavy atom. The zero-order valence-corrected chi connectivity index (χ0v) is 12.6. The molecule has 0 saturated heterocycles. The van der Waals surface area contributed by atoms with Gasteiger partial charge < -0.3 is 5.73 Å². The number of nitrogens with two attached hydrogens (primary N) is 1. The van der Waals surface area contributed by atoms with Gasteiger partial charge in [0.25, 0.3) is 0 Å². The van der Waals surface area contributed by atoms with Crippen molar-refractivity contribution in [3.05, 3.63) is 20.8 Å². The quantitative estimate of drug-likeness (QED) is 0.869. The molecule has 0 aromatic carbocycles. The third-order valence-electron chi connectivity index (χ3n) is 2.81. The van der Waals surface area contributed by atoms with Crippen LogP contribution in [0.3, 0.4) is 0 Å². The van der Waals surface area contributed by atoms with Crippen molar-refractivity contribution in [2.75, 3.05) is 13.6 Å². The molecule has 0 amide bonds. The van der Waals surface area contributed by atoms with Crippen molar-refractivity contribution in [1.29, 1.82) is 0 Å². The number of nitrogens with zero attached hydrogens (tertiary/aromatic N) is 1. The first-order valence-corrected chi connectivity index (χ1v) is 7.42. The third kappa shape index (κ3) is 3.55. The summed E-state index contributed by atoms with van der Waals surface area (Å²) in [5.74, 6) is 0. The molecule has 0 saturated carbocycles. The second-order valence-electron chi connectivity index (χ2n) is 4.14. The van der Waals surface area contributed by atoms with Crippen LogP contribution in [0.1, 0.15) is 37.6 Å². The normalized spacial score (nSPS) is 15.4. The van der Waals surface area contributed by atoms with Gasteiger partial charge in [-0.3, -0.25) is 4.90 Å². The summed E-state index contributed by atoms with van der Waals surface area (Å²) in [5, 5.41) is 0. The number of thiophene rings is 1. The molecule has 0 spiro atoms. The summed E-state index contributed by atoms with van der Waals surface area (Å²) in [6.45, 7) is 5.45. The van der Waals surface area contributed by atoms with Crippen molar-refractivity contribution in [3.63, 3.8) is 0 Å². The number of rotatable bonds is 6. The first-order chi connectivity index (χ1) is 7.60. The summed E-state index contributed by atoms with van der Waals surface area (Å²) >= 11 is 5.31. The smallest absolute Gasteiger partial charge is 0.0702 e. The van der Waals surface area contributed by atoms with E-state index in [1.807, 2.05) is 0 Å². The largest absolute Gasteiger partial charge is 0.326 e. The van der Waals surface area contributed by atoms with E-state index >= 15 is 0 Å². The van der Waals surface area contributed by atoms with Gasteiger partial charge in [0.15, 0.2) is 0 Å². The van der Waals surface area contributed by atoms with E-state index in [4.69, 9.17) is 5.73 Å². The highest BCUT2D eigenvalue weighted by Gasteiger charge is 2.23. The average molecular weight is 305 g/mol. The van der Waals surface area contributed by atoms with Crippen LogP contribution in [-0.4, -0.2) is 24.5 Å². The number of halogens is 1. The molecule has 0 radical (unpaired) electrons. The number of hydrogen-bond acceptors (Lipinski definition) is 3. The zero-order valence-electron chi connectivity index (χ0n) is 10.2. The molecule has 1 heterocycles. The fraction of sp³-hybridized carbons (Fsp3) is 0.667. The predicted molar refractivity (Wildman–Crippen MR) is 75.9 cm³/mol. The lowest BCUT2D eigenvalue weighted by Crippen LogP contribution is -2.38. The Labute approximate surface area is 111 Å². The van der Waals surface area contributed by atoms with Crippen LogP contribution in [0.25, 0.3) is 0 Å². The molecular formula is C12H21BrN2S. The van der Waals surface area contributed by atoms with Crippen LogP contribution < -0.4 is 5.73 Å². The van der Waals surface area contributed by atoms with Crippen molar-refractivity contribution in [3.8, 4) is 0 Å². The Bertz CT molecular complexity index is 314. The maximum Gasteiger partial charge on any atom is 0.0702 e. The highest BCUT2D eigenvalue weighted by atomic mass is 79.9. The molecule has 16 heavy (non-hydrogen) atoms. The molecule has 92 valence electrons. The fourth-order valence-electron chi connectivity index (χ4n) is 1.96. The highest BCUT2D eigenvalue weighted by Crippen LogP contribution is 2.32. The third-order valence-corrected chi connectivity index (χ3v) is 4.51. The van der Waals surface area contributed by atoms with Crippen molar-refractivity contribution < 1.29 is 0 Å². The van der Waals surface area contributed by atoms with Gasteiger partial charge in [0.05, 0.1) is 9.83 Å². The molecule has 0 bridgehead atoms. The summed E-state index contributed by atoms with van der Waals surface area (Å²) < 4.78 is 1.18. The summed E-state index contributed by atoms with van der Waals surface area (Å²) in [7, 11) is 2.16. The molecule has 4 heteroatoms. The molecule has 1 aromatic rings. The van der Waals surface area contributed by atoms with E-state index in [9.17, 15) is 0 Å². The zero-order chi connectivity index (χ0) is 12.1. The van der Waals surface area contributed by atoms with Crippen LogP contribution in [0.15, 0.2) is 15.9 Å². The highest BCUT2D eigenvalue weighted by molar-refractivity contribution is 9.11. The molecule has 2 unspecified atom stereocenters. The van der Waals surface area contributed by atoms with E-state index in [1.54, 1.807) is 11.3 Å². The summed E-state index contributed by atoms with van der Waals surface area (Å²) in [5.41, 5.74) is 6.24. The lowest BCUT2D eigenvalue weighted by molar-refractivity contribution is 0.213. The van der Waals surface area contributed by atoms with E-state index in [-0.39, 0.29) is 6.04 Å².